The lowest BCUT2D eigenvalue weighted by atomic mass is 9.43. The lowest BCUT2D eigenvalue weighted by Gasteiger charge is -2.63. The van der Waals surface area contributed by atoms with Crippen molar-refractivity contribution in [1.82, 2.24) is 0 Å². The third-order valence-corrected chi connectivity index (χ3v) is 14.1. The van der Waals surface area contributed by atoms with Gasteiger partial charge in [-0.3, -0.25) is 13.7 Å². The van der Waals surface area contributed by atoms with Crippen molar-refractivity contribution in [3.8, 4) is 0 Å². The molecular weight excluding hydrogens is 637 g/mol. The predicted molar refractivity (Wildman–Crippen MR) is 162 cm³/mol. The molecule has 0 spiro atoms. The molecule has 44 heavy (non-hydrogen) atoms. The van der Waals surface area contributed by atoms with Crippen molar-refractivity contribution < 1.29 is 51.5 Å². The molecule has 258 valence electrons. The molecule has 4 rings (SSSR count). The van der Waals surface area contributed by atoms with Crippen molar-refractivity contribution in [1.29, 1.82) is 0 Å². The number of hydrogen-bond acceptors (Lipinski definition) is 9. The number of rotatable bonds is 10. The van der Waals surface area contributed by atoms with Gasteiger partial charge in [0.2, 0.25) is 0 Å². The van der Waals surface area contributed by atoms with E-state index in [1.165, 1.54) is 0 Å². The first-order valence-electron chi connectivity index (χ1n) is 15.8. The predicted octanol–water partition coefficient (Wildman–Crippen LogP) is 5.53. The van der Waals surface area contributed by atoms with Gasteiger partial charge in [-0.2, -0.15) is 25.3 Å². The smallest absolute Gasteiger partial charge is 0.264 e. The summed E-state index contributed by atoms with van der Waals surface area (Å²) in [6.07, 6.45) is 1.92. The molecule has 0 heterocycles. The Morgan fingerprint density at radius 1 is 0.705 bits per heavy atom. The molecular formula is C29H52O12S3. The quantitative estimate of drug-likeness (QED) is 0.244. The van der Waals surface area contributed by atoms with Crippen molar-refractivity contribution in [2.75, 3.05) is 0 Å². The van der Waals surface area contributed by atoms with Crippen LogP contribution in [0.5, 0.6) is 0 Å². The maximum Gasteiger partial charge on any atom is 0.397 e. The van der Waals surface area contributed by atoms with Crippen LogP contribution in [-0.2, 0) is 43.7 Å². The summed E-state index contributed by atoms with van der Waals surface area (Å²) in [5.74, 6) is 1.12. The molecule has 0 aliphatic heterocycles. The van der Waals surface area contributed by atoms with Gasteiger partial charge in [0.15, 0.2) is 0 Å². The fourth-order valence-electron chi connectivity index (χ4n) is 10.2. The van der Waals surface area contributed by atoms with Crippen molar-refractivity contribution >= 4 is 31.2 Å². The first kappa shape index (κ1) is 36.4. The van der Waals surface area contributed by atoms with E-state index in [-0.39, 0.29) is 41.4 Å². The molecule has 0 bridgehead atoms. The van der Waals surface area contributed by atoms with Gasteiger partial charge in [-0.05, 0) is 109 Å². The Morgan fingerprint density at radius 2 is 1.23 bits per heavy atom. The van der Waals surface area contributed by atoms with Crippen LogP contribution < -0.4 is 0 Å². The molecule has 4 fully saturated rings. The Hall–Kier alpha value is -0.390. The highest BCUT2D eigenvalue weighted by Crippen LogP contribution is 2.69. The van der Waals surface area contributed by atoms with Crippen LogP contribution in [0.2, 0.25) is 0 Å². The fourth-order valence-corrected chi connectivity index (χ4v) is 11.7. The molecule has 4 saturated carbocycles. The Balaban J connectivity index is 1.66. The summed E-state index contributed by atoms with van der Waals surface area (Å²) in [6, 6.07) is 0. The molecule has 0 aromatic heterocycles. The maximum absolute atomic E-state index is 12.1. The average molecular weight is 689 g/mol. The summed E-state index contributed by atoms with van der Waals surface area (Å²) in [4.78, 5) is 0. The minimum absolute atomic E-state index is 0.00197. The molecule has 0 radical (unpaired) electrons. The first-order chi connectivity index (χ1) is 19.8. The zero-order valence-electron chi connectivity index (χ0n) is 26.9. The standard InChI is InChI=1S/C29H52O12S3/c1-17(8-9-18(2)27(3,4)5)20-10-11-21-19-14-24(39-42(30,31)32)23-15-25(40-43(33,34)35)26(41-44(36,37)38)16-29(23,7)22(19)12-13-28(20,21)6/h17-26H,8-16H2,1-7H3,(H,30,31,32)(H,33,34,35)(H,36,37,38)/t17?,18?,19-,20?,21-,22-,23?,24-,25-,26-,28?,29?/m0/s1. The van der Waals surface area contributed by atoms with Crippen LogP contribution in [0, 0.1) is 57.7 Å². The van der Waals surface area contributed by atoms with Crippen molar-refractivity contribution in [3.05, 3.63) is 0 Å². The van der Waals surface area contributed by atoms with Crippen LogP contribution in [0.3, 0.4) is 0 Å². The zero-order chi connectivity index (χ0) is 33.3. The molecule has 0 saturated heterocycles. The maximum atomic E-state index is 12.1. The normalized spacial score (nSPS) is 41.3. The average Bonchev–Trinajstić information content (AvgIpc) is 3.17. The highest BCUT2D eigenvalue weighted by Gasteiger charge is 2.65. The van der Waals surface area contributed by atoms with E-state index in [9.17, 15) is 38.9 Å². The van der Waals surface area contributed by atoms with Crippen LogP contribution in [0.15, 0.2) is 0 Å². The molecule has 6 unspecified atom stereocenters. The molecule has 12 nitrogen and oxygen atoms in total. The molecule has 15 heteroatoms. The van der Waals surface area contributed by atoms with E-state index in [2.05, 4.69) is 41.5 Å². The molecule has 3 N–H and O–H groups in total. The third kappa shape index (κ3) is 7.83. The minimum atomic E-state index is -5.06. The first-order valence-corrected chi connectivity index (χ1v) is 19.9. The summed E-state index contributed by atoms with van der Waals surface area (Å²) in [7, 11) is -15.0. The second-order valence-electron chi connectivity index (χ2n) is 15.9. The van der Waals surface area contributed by atoms with Gasteiger partial charge in [-0.15, -0.1) is 0 Å². The number of fused-ring (bicyclic) bond motifs is 5. The molecule has 12 atom stereocenters. The van der Waals surface area contributed by atoms with Crippen LogP contribution in [-0.4, -0.2) is 57.2 Å². The molecule has 4 aliphatic carbocycles. The lowest BCUT2D eigenvalue weighted by molar-refractivity contribution is -0.184. The fraction of sp³-hybridized carbons (Fsp3) is 1.00. The van der Waals surface area contributed by atoms with Crippen LogP contribution in [0.4, 0.5) is 0 Å². The van der Waals surface area contributed by atoms with Gasteiger partial charge in [0, 0.05) is 0 Å². The largest absolute Gasteiger partial charge is 0.397 e. The second-order valence-corrected chi connectivity index (χ2v) is 19.0. The molecule has 4 aliphatic rings. The summed E-state index contributed by atoms with van der Waals surface area (Å²) < 4.78 is 115. The SMILES string of the molecule is CC(CCC(C)C(C)(C)C)C1CC[C@H]2[C@@H]3C[C@H](OS(=O)(=O)O)C4C[C@H](OS(=O)(=O)O)[C@@H](OS(=O)(=O)O)CC4(C)[C@H]3CCC12C. The van der Waals surface area contributed by atoms with Crippen LogP contribution in [0.25, 0.3) is 0 Å². The highest BCUT2D eigenvalue weighted by molar-refractivity contribution is 7.81. The van der Waals surface area contributed by atoms with Gasteiger partial charge >= 0.3 is 31.2 Å². The zero-order valence-corrected chi connectivity index (χ0v) is 29.3. The monoisotopic (exact) mass is 688 g/mol. The summed E-state index contributed by atoms with van der Waals surface area (Å²) in [5, 5.41) is 0. The van der Waals surface area contributed by atoms with Crippen molar-refractivity contribution in [2.24, 2.45) is 57.7 Å². The molecule has 0 aromatic carbocycles. The van der Waals surface area contributed by atoms with Gasteiger partial charge in [-0.25, -0.2) is 12.5 Å². The van der Waals surface area contributed by atoms with Gasteiger partial charge in [0.05, 0.1) is 6.10 Å². The van der Waals surface area contributed by atoms with Crippen molar-refractivity contribution in [3.63, 3.8) is 0 Å². The molecule has 0 amide bonds. The summed E-state index contributed by atoms with van der Waals surface area (Å²) in [5.41, 5.74) is -0.578. The Bertz CT molecular complexity index is 1370. The third-order valence-electron chi connectivity index (χ3n) is 12.7. The minimum Gasteiger partial charge on any atom is -0.264 e. The summed E-state index contributed by atoms with van der Waals surface area (Å²) >= 11 is 0. The Labute approximate surface area is 264 Å². The van der Waals surface area contributed by atoms with Gasteiger partial charge in [0.25, 0.3) is 0 Å². The van der Waals surface area contributed by atoms with E-state index >= 15 is 0 Å². The van der Waals surface area contributed by atoms with Crippen LogP contribution in [0.1, 0.15) is 106 Å². The van der Waals surface area contributed by atoms with Gasteiger partial charge in [0.1, 0.15) is 12.2 Å². The lowest BCUT2D eigenvalue weighted by Crippen LogP contribution is -2.62. The second kappa shape index (κ2) is 12.2. The van der Waals surface area contributed by atoms with E-state index in [4.69, 9.17) is 12.5 Å². The van der Waals surface area contributed by atoms with Gasteiger partial charge < -0.3 is 0 Å². The van der Waals surface area contributed by atoms with E-state index in [1.54, 1.807) is 0 Å². The van der Waals surface area contributed by atoms with E-state index in [0.29, 0.717) is 24.2 Å². The topological polar surface area (TPSA) is 191 Å². The number of hydrogen-bond donors (Lipinski definition) is 3. The highest BCUT2D eigenvalue weighted by atomic mass is 32.3. The Kier molecular flexibility index (Phi) is 10.1. The van der Waals surface area contributed by atoms with Crippen LogP contribution >= 0.6 is 0 Å². The molecule has 0 aromatic rings. The van der Waals surface area contributed by atoms with E-state index < -0.39 is 60.8 Å². The Morgan fingerprint density at radius 3 is 1.77 bits per heavy atom. The van der Waals surface area contributed by atoms with Crippen molar-refractivity contribution in [2.45, 2.75) is 125 Å². The summed E-state index contributed by atoms with van der Waals surface area (Å²) in [6.45, 7) is 15.7. The van der Waals surface area contributed by atoms with Gasteiger partial charge in [-0.1, -0.05) is 54.9 Å². The van der Waals surface area contributed by atoms with E-state index in [0.717, 1.165) is 38.5 Å². The van der Waals surface area contributed by atoms with E-state index in [1.807, 2.05) is 6.92 Å².